The highest BCUT2D eigenvalue weighted by Crippen LogP contribution is 2.27. The smallest absolute Gasteiger partial charge is 0.321 e. The lowest BCUT2D eigenvalue weighted by Crippen LogP contribution is -2.38. The van der Waals surface area contributed by atoms with Crippen molar-refractivity contribution in [3.63, 3.8) is 0 Å². The molecule has 0 fully saturated rings. The first-order valence-electron chi connectivity index (χ1n) is 8.42. The molecule has 2 rings (SSSR count). The molecule has 2 aromatic rings. The van der Waals surface area contributed by atoms with E-state index in [4.69, 9.17) is 4.74 Å². The first-order chi connectivity index (χ1) is 12.0. The fourth-order valence-electron chi connectivity index (χ4n) is 2.86. The van der Waals surface area contributed by atoms with Gasteiger partial charge in [-0.25, -0.2) is 4.79 Å². The summed E-state index contributed by atoms with van der Waals surface area (Å²) in [4.78, 5) is 13.8. The molecule has 0 aliphatic rings. The second-order valence-corrected chi connectivity index (χ2v) is 5.93. The Labute approximate surface area is 149 Å². The summed E-state index contributed by atoms with van der Waals surface area (Å²) >= 11 is 0. The number of urea groups is 1. The van der Waals surface area contributed by atoms with Crippen molar-refractivity contribution in [3.05, 3.63) is 58.7 Å². The predicted molar refractivity (Wildman–Crippen MR) is 100 cm³/mol. The van der Waals surface area contributed by atoms with Crippen molar-refractivity contribution in [2.24, 2.45) is 0 Å². The van der Waals surface area contributed by atoms with Crippen LogP contribution in [0.3, 0.4) is 0 Å². The van der Waals surface area contributed by atoms with Gasteiger partial charge in [0.25, 0.3) is 0 Å². The molecule has 5 heteroatoms. The van der Waals surface area contributed by atoms with Gasteiger partial charge in [-0.15, -0.1) is 0 Å². The molecule has 2 aromatic carbocycles. The average molecular weight is 342 g/mol. The normalized spacial score (nSPS) is 10.4. The number of aliphatic hydroxyl groups is 1. The first-order valence-corrected chi connectivity index (χ1v) is 8.42. The molecule has 0 saturated heterocycles. The number of ether oxygens (including phenoxy) is 1. The molecule has 0 heterocycles. The Morgan fingerprint density at radius 1 is 1.24 bits per heavy atom. The number of carbonyl (C=O) groups is 1. The van der Waals surface area contributed by atoms with Gasteiger partial charge in [0.05, 0.1) is 12.3 Å². The monoisotopic (exact) mass is 342 g/mol. The van der Waals surface area contributed by atoms with Crippen molar-refractivity contribution in [2.45, 2.75) is 34.0 Å². The largest absolute Gasteiger partial charge is 0.489 e. The van der Waals surface area contributed by atoms with Crippen LogP contribution in [0.4, 0.5) is 10.5 Å². The molecule has 0 unspecified atom stereocenters. The maximum absolute atomic E-state index is 12.2. The zero-order valence-electron chi connectivity index (χ0n) is 15.3. The summed E-state index contributed by atoms with van der Waals surface area (Å²) in [7, 11) is 1.60. The number of anilines is 1. The molecule has 0 aromatic heterocycles. The quantitative estimate of drug-likeness (QED) is 0.844. The molecular weight excluding hydrogens is 316 g/mol. The van der Waals surface area contributed by atoms with E-state index in [0.717, 1.165) is 28.1 Å². The van der Waals surface area contributed by atoms with Crippen LogP contribution in [0.2, 0.25) is 0 Å². The van der Waals surface area contributed by atoms with Gasteiger partial charge in [-0.3, -0.25) is 4.90 Å². The summed E-state index contributed by atoms with van der Waals surface area (Å²) in [6.45, 7) is 6.65. The molecule has 5 nitrogen and oxygen atoms in total. The van der Waals surface area contributed by atoms with Gasteiger partial charge in [-0.2, -0.15) is 0 Å². The number of carbonyl (C=O) groups excluding carboxylic acids is 1. The maximum atomic E-state index is 12.2. The molecule has 134 valence electrons. The average Bonchev–Trinajstić information content (AvgIpc) is 2.61. The lowest BCUT2D eigenvalue weighted by Gasteiger charge is -2.25. The number of benzene rings is 2. The Hall–Kier alpha value is -2.53. The highest BCUT2D eigenvalue weighted by molar-refractivity contribution is 5.92. The number of rotatable bonds is 6. The Kier molecular flexibility index (Phi) is 6.42. The van der Waals surface area contributed by atoms with Gasteiger partial charge in [-0.05, 0) is 44.0 Å². The fraction of sp³-hybridized carbons (Fsp3) is 0.350. The van der Waals surface area contributed by atoms with E-state index in [1.165, 1.54) is 5.56 Å². The molecule has 0 aliphatic carbocycles. The number of nitrogens with one attached hydrogen (secondary N) is 1. The Bertz CT molecular complexity index is 744. The van der Waals surface area contributed by atoms with Crippen LogP contribution < -0.4 is 15.0 Å². The van der Waals surface area contributed by atoms with Crippen LogP contribution in [-0.2, 0) is 13.2 Å². The predicted octanol–water partition coefficient (Wildman–Crippen LogP) is 3.54. The molecule has 0 aliphatic heterocycles. The summed E-state index contributed by atoms with van der Waals surface area (Å²) in [6.07, 6.45) is 0. The Balaban J connectivity index is 2.36. The second kappa shape index (κ2) is 8.53. The van der Waals surface area contributed by atoms with Crippen LogP contribution in [0.5, 0.6) is 5.75 Å². The van der Waals surface area contributed by atoms with E-state index in [1.54, 1.807) is 11.9 Å². The summed E-state index contributed by atoms with van der Waals surface area (Å²) < 4.78 is 6.00. The van der Waals surface area contributed by atoms with Crippen molar-refractivity contribution in [3.8, 4) is 5.75 Å². The van der Waals surface area contributed by atoms with Crippen molar-refractivity contribution < 1.29 is 14.6 Å². The Morgan fingerprint density at radius 2 is 2.00 bits per heavy atom. The molecule has 2 amide bonds. The van der Waals surface area contributed by atoms with Gasteiger partial charge in [0.2, 0.25) is 0 Å². The zero-order valence-corrected chi connectivity index (χ0v) is 15.3. The lowest BCUT2D eigenvalue weighted by molar-refractivity contribution is 0.248. The highest BCUT2D eigenvalue weighted by atomic mass is 16.5. The molecular formula is C20H26N2O3. The maximum Gasteiger partial charge on any atom is 0.321 e. The van der Waals surface area contributed by atoms with Crippen molar-refractivity contribution in [2.75, 3.05) is 18.5 Å². The van der Waals surface area contributed by atoms with E-state index in [0.29, 0.717) is 6.54 Å². The van der Waals surface area contributed by atoms with Crippen LogP contribution in [0.1, 0.15) is 29.2 Å². The number of nitrogens with zero attached hydrogens (tertiary/aromatic N) is 1. The topological polar surface area (TPSA) is 61.8 Å². The third-order valence-corrected chi connectivity index (χ3v) is 4.19. The molecule has 0 radical (unpaired) electrons. The third-order valence-electron chi connectivity index (χ3n) is 4.19. The van der Waals surface area contributed by atoms with E-state index in [-0.39, 0.29) is 19.2 Å². The van der Waals surface area contributed by atoms with Crippen molar-refractivity contribution in [1.29, 1.82) is 0 Å². The highest BCUT2D eigenvalue weighted by Gasteiger charge is 2.18. The van der Waals surface area contributed by atoms with E-state index in [2.05, 4.69) is 11.4 Å². The van der Waals surface area contributed by atoms with Crippen molar-refractivity contribution >= 4 is 11.7 Å². The van der Waals surface area contributed by atoms with Gasteiger partial charge >= 0.3 is 6.03 Å². The summed E-state index contributed by atoms with van der Waals surface area (Å²) in [6, 6.07) is 11.4. The van der Waals surface area contributed by atoms with Gasteiger partial charge < -0.3 is 15.2 Å². The lowest BCUT2D eigenvalue weighted by atomic mass is 10.1. The number of hydrogen-bond acceptors (Lipinski definition) is 3. The first kappa shape index (κ1) is 18.8. The van der Waals surface area contributed by atoms with E-state index < -0.39 is 0 Å². The van der Waals surface area contributed by atoms with Crippen LogP contribution in [0, 0.1) is 13.8 Å². The Morgan fingerprint density at radius 3 is 2.60 bits per heavy atom. The molecule has 0 bridgehead atoms. The van der Waals surface area contributed by atoms with E-state index >= 15 is 0 Å². The number of aryl methyl sites for hydroxylation is 2. The van der Waals surface area contributed by atoms with Gasteiger partial charge in [0.1, 0.15) is 12.4 Å². The number of aliphatic hydroxyl groups excluding tert-OH is 1. The molecule has 0 saturated carbocycles. The minimum Gasteiger partial charge on any atom is -0.489 e. The fourth-order valence-corrected chi connectivity index (χ4v) is 2.86. The van der Waals surface area contributed by atoms with Crippen LogP contribution in [-0.4, -0.2) is 24.7 Å². The summed E-state index contributed by atoms with van der Waals surface area (Å²) in [5.41, 5.74) is 4.55. The summed E-state index contributed by atoms with van der Waals surface area (Å²) in [5.74, 6) is 0.798. The SMILES string of the molecule is CCN(C(=O)NC)c1cccc(CO)c1COc1ccc(C)cc1C. The van der Waals surface area contributed by atoms with Gasteiger partial charge in [0.15, 0.2) is 0 Å². The standard InChI is InChI=1S/C20H26N2O3/c1-5-22(20(24)21-4)18-8-6-7-16(12-23)17(18)13-25-19-10-9-14(2)11-15(19)3/h6-11,23H,5,12-13H2,1-4H3,(H,21,24). The molecule has 25 heavy (non-hydrogen) atoms. The van der Waals surface area contributed by atoms with Gasteiger partial charge in [0, 0.05) is 19.2 Å². The van der Waals surface area contributed by atoms with Crippen LogP contribution >= 0.6 is 0 Å². The minimum absolute atomic E-state index is 0.106. The zero-order chi connectivity index (χ0) is 18.4. The van der Waals surface area contributed by atoms with Gasteiger partial charge in [-0.1, -0.05) is 29.8 Å². The minimum atomic E-state index is -0.189. The second-order valence-electron chi connectivity index (χ2n) is 5.93. The van der Waals surface area contributed by atoms with Crippen LogP contribution in [0.15, 0.2) is 36.4 Å². The molecule has 0 spiro atoms. The molecule has 2 N–H and O–H groups in total. The summed E-state index contributed by atoms with van der Waals surface area (Å²) in [5, 5.41) is 12.4. The van der Waals surface area contributed by atoms with E-state index in [1.807, 2.05) is 51.1 Å². The third kappa shape index (κ3) is 4.31. The molecule has 0 atom stereocenters. The number of amides is 2. The van der Waals surface area contributed by atoms with E-state index in [9.17, 15) is 9.90 Å². The van der Waals surface area contributed by atoms with Crippen molar-refractivity contribution in [1.82, 2.24) is 5.32 Å². The van der Waals surface area contributed by atoms with Crippen LogP contribution in [0.25, 0.3) is 0 Å². The number of hydrogen-bond donors (Lipinski definition) is 2.